The number of rotatable bonds is 8. The van der Waals surface area contributed by atoms with Crippen LogP contribution in [0.25, 0.3) is 11.5 Å². The number of carbonyl (C=O) groups is 1. The van der Waals surface area contributed by atoms with E-state index >= 15 is 0 Å². The van der Waals surface area contributed by atoms with Crippen molar-refractivity contribution >= 4 is 27.3 Å². The van der Waals surface area contributed by atoms with E-state index in [-0.39, 0.29) is 22.5 Å². The lowest BCUT2D eigenvalue weighted by atomic mass is 10.2. The minimum atomic E-state index is -3.72. The Morgan fingerprint density at radius 3 is 2.70 bits per heavy atom. The number of ether oxygens (including phenoxy) is 2. The van der Waals surface area contributed by atoms with Crippen molar-refractivity contribution < 1.29 is 27.2 Å². The van der Waals surface area contributed by atoms with Crippen molar-refractivity contribution in [2.24, 2.45) is 0 Å². The summed E-state index contributed by atoms with van der Waals surface area (Å²) in [4.78, 5) is 15.9. The van der Waals surface area contributed by atoms with Crippen molar-refractivity contribution in [1.29, 1.82) is 0 Å². The van der Waals surface area contributed by atoms with Crippen LogP contribution in [0, 0.1) is 0 Å². The van der Waals surface area contributed by atoms with E-state index in [9.17, 15) is 13.2 Å². The molecule has 142 valence electrons. The fraction of sp³-hybridized carbons (Fsp3) is 0.188. The molecule has 27 heavy (non-hydrogen) atoms. The number of hydrogen-bond donors (Lipinski definition) is 1. The first kappa shape index (κ1) is 19.0. The van der Waals surface area contributed by atoms with Gasteiger partial charge in [0.1, 0.15) is 16.5 Å². The van der Waals surface area contributed by atoms with Crippen molar-refractivity contribution in [3.05, 3.63) is 47.6 Å². The van der Waals surface area contributed by atoms with Crippen molar-refractivity contribution in [3.8, 4) is 17.2 Å². The summed E-state index contributed by atoms with van der Waals surface area (Å²) in [6.45, 7) is -0.733. The van der Waals surface area contributed by atoms with Gasteiger partial charge in [-0.1, -0.05) is 11.2 Å². The van der Waals surface area contributed by atoms with Gasteiger partial charge in [0.15, 0.2) is 6.61 Å². The minimum absolute atomic E-state index is 0.123. The van der Waals surface area contributed by atoms with Gasteiger partial charge in [-0.25, -0.2) is 8.42 Å². The molecule has 0 bridgehead atoms. The van der Waals surface area contributed by atoms with E-state index in [0.29, 0.717) is 11.3 Å². The van der Waals surface area contributed by atoms with E-state index in [2.05, 4.69) is 14.9 Å². The molecule has 2 aromatic heterocycles. The molecule has 0 spiro atoms. The molecule has 0 aliphatic rings. The molecule has 0 amide bonds. The molecular formula is C16H15N3O6S2. The molecule has 2 heterocycles. The normalized spacial score (nSPS) is 11.3. The standard InChI is InChI=1S/C16H15N3O6S2/c1-23-12-6-4-11(5-7-12)16-18-13(19-25-16)10-24-14(20)9-17-27(21,22)15-3-2-8-26-15/h2-8,17H,9-10H2,1H3. The summed E-state index contributed by atoms with van der Waals surface area (Å²) in [5.41, 5.74) is 0.685. The summed E-state index contributed by atoms with van der Waals surface area (Å²) >= 11 is 1.05. The minimum Gasteiger partial charge on any atom is -0.497 e. The highest BCUT2D eigenvalue weighted by Gasteiger charge is 2.17. The zero-order valence-corrected chi connectivity index (χ0v) is 15.7. The van der Waals surface area contributed by atoms with Crippen molar-refractivity contribution in [3.63, 3.8) is 0 Å². The molecule has 0 saturated carbocycles. The van der Waals surface area contributed by atoms with E-state index in [1.54, 1.807) is 42.8 Å². The zero-order chi connectivity index (χ0) is 19.3. The number of sulfonamides is 1. The average molecular weight is 409 g/mol. The molecule has 1 aromatic carbocycles. The molecule has 11 heteroatoms. The fourth-order valence-corrected chi connectivity index (χ4v) is 4.01. The number of carbonyl (C=O) groups excluding carboxylic acids is 1. The van der Waals surface area contributed by atoms with Gasteiger partial charge in [0.2, 0.25) is 5.82 Å². The molecule has 0 fully saturated rings. The molecular weight excluding hydrogens is 394 g/mol. The number of aromatic nitrogens is 2. The number of esters is 1. The van der Waals surface area contributed by atoms with Crippen LogP contribution in [0.1, 0.15) is 5.82 Å². The van der Waals surface area contributed by atoms with Gasteiger partial charge >= 0.3 is 5.97 Å². The summed E-state index contributed by atoms with van der Waals surface area (Å²) in [6.07, 6.45) is 0. The van der Waals surface area contributed by atoms with Crippen molar-refractivity contribution in [2.45, 2.75) is 10.8 Å². The first-order chi connectivity index (χ1) is 13.0. The second kappa shape index (κ2) is 8.29. The number of thiophene rings is 1. The Kier molecular flexibility index (Phi) is 5.84. The summed E-state index contributed by atoms with van der Waals surface area (Å²) < 4.78 is 41.3. The monoisotopic (exact) mass is 409 g/mol. The third-order valence-electron chi connectivity index (χ3n) is 3.33. The first-order valence-corrected chi connectivity index (χ1v) is 10.00. The highest BCUT2D eigenvalue weighted by atomic mass is 32.2. The highest BCUT2D eigenvalue weighted by Crippen LogP contribution is 2.20. The number of nitrogens with zero attached hydrogens (tertiary/aromatic N) is 2. The Bertz CT molecular complexity index is 997. The Morgan fingerprint density at radius 1 is 1.26 bits per heavy atom. The van der Waals surface area contributed by atoms with Crippen LogP contribution in [0.4, 0.5) is 0 Å². The maximum atomic E-state index is 11.9. The zero-order valence-electron chi connectivity index (χ0n) is 14.1. The molecule has 3 aromatic rings. The topological polar surface area (TPSA) is 121 Å². The van der Waals surface area contributed by atoms with Crippen LogP contribution in [0.2, 0.25) is 0 Å². The van der Waals surface area contributed by atoms with Gasteiger partial charge in [-0.05, 0) is 35.7 Å². The molecule has 0 saturated heterocycles. The van der Waals surface area contributed by atoms with E-state index in [1.807, 2.05) is 0 Å². The molecule has 0 radical (unpaired) electrons. The third-order valence-corrected chi connectivity index (χ3v) is 6.13. The number of methoxy groups -OCH3 is 1. The van der Waals surface area contributed by atoms with Gasteiger partial charge < -0.3 is 14.0 Å². The van der Waals surface area contributed by atoms with Crippen LogP contribution < -0.4 is 9.46 Å². The second-order valence-corrected chi connectivity index (χ2v) is 8.10. The molecule has 3 rings (SSSR count). The predicted octanol–water partition coefficient (Wildman–Crippen LogP) is 1.83. The maximum absolute atomic E-state index is 11.9. The Morgan fingerprint density at radius 2 is 2.04 bits per heavy atom. The molecule has 1 N–H and O–H groups in total. The highest BCUT2D eigenvalue weighted by molar-refractivity contribution is 7.91. The van der Waals surface area contributed by atoms with E-state index in [0.717, 1.165) is 11.3 Å². The summed E-state index contributed by atoms with van der Waals surface area (Å²) in [6, 6.07) is 10.0. The molecule has 0 atom stereocenters. The van der Waals surface area contributed by atoms with Crippen LogP contribution in [0.15, 0.2) is 50.5 Å². The molecule has 0 aliphatic heterocycles. The SMILES string of the molecule is COc1ccc(-c2nc(COC(=O)CNS(=O)(=O)c3cccs3)no2)cc1. The van der Waals surface area contributed by atoms with Crippen molar-refractivity contribution in [1.82, 2.24) is 14.9 Å². The Labute approximate surface area is 159 Å². The maximum Gasteiger partial charge on any atom is 0.321 e. The van der Waals surface area contributed by atoms with Gasteiger partial charge in [-0.2, -0.15) is 9.71 Å². The molecule has 0 aliphatic carbocycles. The summed E-state index contributed by atoms with van der Waals surface area (Å²) in [7, 11) is -2.16. The largest absolute Gasteiger partial charge is 0.497 e. The van der Waals surface area contributed by atoms with Gasteiger partial charge in [0.25, 0.3) is 15.9 Å². The fourth-order valence-electron chi connectivity index (χ4n) is 2.00. The Balaban J connectivity index is 1.51. The number of nitrogens with one attached hydrogen (secondary N) is 1. The van der Waals surface area contributed by atoms with Crippen LogP contribution in [-0.2, 0) is 26.2 Å². The molecule has 9 nitrogen and oxygen atoms in total. The van der Waals surface area contributed by atoms with Gasteiger partial charge in [0, 0.05) is 5.56 Å². The van der Waals surface area contributed by atoms with Crippen LogP contribution in [-0.4, -0.2) is 38.2 Å². The lowest BCUT2D eigenvalue weighted by molar-refractivity contribution is -0.143. The predicted molar refractivity (Wildman–Crippen MR) is 95.6 cm³/mol. The van der Waals surface area contributed by atoms with Gasteiger partial charge in [0.05, 0.1) is 7.11 Å². The van der Waals surface area contributed by atoms with E-state index < -0.39 is 22.5 Å². The van der Waals surface area contributed by atoms with E-state index in [1.165, 1.54) is 6.07 Å². The van der Waals surface area contributed by atoms with Crippen LogP contribution in [0.5, 0.6) is 5.75 Å². The van der Waals surface area contributed by atoms with Gasteiger partial charge in [-0.3, -0.25) is 4.79 Å². The van der Waals surface area contributed by atoms with Gasteiger partial charge in [-0.15, -0.1) is 11.3 Å². The summed E-state index contributed by atoms with van der Waals surface area (Å²) in [5.74, 6) is 0.362. The average Bonchev–Trinajstić information content (AvgIpc) is 3.37. The Hall–Kier alpha value is -2.76. The quantitative estimate of drug-likeness (QED) is 0.560. The second-order valence-electron chi connectivity index (χ2n) is 5.16. The third kappa shape index (κ3) is 4.90. The smallest absolute Gasteiger partial charge is 0.321 e. The lowest BCUT2D eigenvalue weighted by Crippen LogP contribution is -2.30. The first-order valence-electron chi connectivity index (χ1n) is 7.64. The van der Waals surface area contributed by atoms with Crippen LogP contribution in [0.3, 0.4) is 0 Å². The lowest BCUT2D eigenvalue weighted by Gasteiger charge is -2.04. The van der Waals surface area contributed by atoms with E-state index in [4.69, 9.17) is 14.0 Å². The van der Waals surface area contributed by atoms with Crippen molar-refractivity contribution in [2.75, 3.05) is 13.7 Å². The number of benzene rings is 1. The summed E-state index contributed by atoms with van der Waals surface area (Å²) in [5, 5.41) is 5.35. The van der Waals surface area contributed by atoms with Crippen LogP contribution >= 0.6 is 11.3 Å². The number of hydrogen-bond acceptors (Lipinski definition) is 9. The molecule has 0 unspecified atom stereocenters.